The molecule has 2 heteroatoms. The third kappa shape index (κ3) is 5.34. The fourth-order valence-electron chi connectivity index (χ4n) is 0.513. The normalized spacial score (nSPS) is 9.78. The Labute approximate surface area is 56.2 Å². The minimum absolute atomic E-state index is 0.146. The van der Waals surface area contributed by atoms with E-state index in [1.807, 2.05) is 13.8 Å². The Morgan fingerprint density at radius 1 is 1.67 bits per heavy atom. The SMILES string of the molecule is C[CH]OC(=O)CC(C)C. The molecule has 2 nitrogen and oxygen atoms in total. The van der Waals surface area contributed by atoms with Crippen molar-refractivity contribution in [1.82, 2.24) is 0 Å². The van der Waals surface area contributed by atoms with Gasteiger partial charge in [-0.2, -0.15) is 0 Å². The molecule has 0 spiro atoms. The summed E-state index contributed by atoms with van der Waals surface area (Å²) < 4.78 is 4.59. The van der Waals surface area contributed by atoms with Crippen molar-refractivity contribution in [2.24, 2.45) is 5.92 Å². The summed E-state index contributed by atoms with van der Waals surface area (Å²) in [6, 6.07) is 0. The van der Waals surface area contributed by atoms with Gasteiger partial charge in [-0.3, -0.25) is 4.79 Å². The van der Waals surface area contributed by atoms with Crippen molar-refractivity contribution in [1.29, 1.82) is 0 Å². The van der Waals surface area contributed by atoms with Gasteiger partial charge in [0.05, 0.1) is 0 Å². The van der Waals surface area contributed by atoms with E-state index in [-0.39, 0.29) is 5.97 Å². The predicted molar refractivity (Wildman–Crippen MR) is 35.5 cm³/mol. The van der Waals surface area contributed by atoms with Crippen molar-refractivity contribution in [2.75, 3.05) is 0 Å². The van der Waals surface area contributed by atoms with E-state index in [9.17, 15) is 4.79 Å². The van der Waals surface area contributed by atoms with Crippen LogP contribution in [0.3, 0.4) is 0 Å². The third-order valence-electron chi connectivity index (χ3n) is 0.824. The van der Waals surface area contributed by atoms with Crippen LogP contribution in [0.1, 0.15) is 27.2 Å². The van der Waals surface area contributed by atoms with Crippen molar-refractivity contribution >= 4 is 5.97 Å². The zero-order valence-electron chi connectivity index (χ0n) is 6.18. The molecule has 9 heavy (non-hydrogen) atoms. The van der Waals surface area contributed by atoms with Gasteiger partial charge >= 0.3 is 5.97 Å². The lowest BCUT2D eigenvalue weighted by molar-refractivity contribution is -0.140. The minimum atomic E-state index is -0.146. The van der Waals surface area contributed by atoms with E-state index in [0.717, 1.165) is 0 Å². The predicted octanol–water partition coefficient (Wildman–Crippen LogP) is 1.76. The molecule has 0 N–H and O–H groups in total. The molecule has 0 unspecified atom stereocenters. The number of hydrogen-bond acceptors (Lipinski definition) is 2. The molecule has 0 aliphatic carbocycles. The first-order valence-electron chi connectivity index (χ1n) is 3.14. The van der Waals surface area contributed by atoms with Gasteiger partial charge in [-0.1, -0.05) is 13.8 Å². The van der Waals surface area contributed by atoms with E-state index < -0.39 is 0 Å². The second-order valence-corrected chi connectivity index (χ2v) is 2.32. The molecule has 0 aromatic heterocycles. The summed E-state index contributed by atoms with van der Waals surface area (Å²) in [5.74, 6) is 0.241. The molecule has 0 saturated carbocycles. The van der Waals surface area contributed by atoms with Crippen LogP contribution in [-0.2, 0) is 9.53 Å². The van der Waals surface area contributed by atoms with Gasteiger partial charge in [0.1, 0.15) is 6.61 Å². The highest BCUT2D eigenvalue weighted by atomic mass is 16.5. The minimum Gasteiger partial charge on any atom is -0.459 e. The quantitative estimate of drug-likeness (QED) is 0.543. The van der Waals surface area contributed by atoms with Crippen molar-refractivity contribution in [3.05, 3.63) is 6.61 Å². The molecule has 1 radical (unpaired) electrons. The summed E-state index contributed by atoms with van der Waals surface area (Å²) >= 11 is 0. The van der Waals surface area contributed by atoms with Crippen LogP contribution >= 0.6 is 0 Å². The summed E-state index contributed by atoms with van der Waals surface area (Å²) in [5, 5.41) is 0. The number of ether oxygens (including phenoxy) is 1. The largest absolute Gasteiger partial charge is 0.459 e. The molecule has 0 amide bonds. The molecule has 0 saturated heterocycles. The van der Waals surface area contributed by atoms with Crippen LogP contribution in [0, 0.1) is 12.5 Å². The molecule has 0 aliphatic rings. The number of esters is 1. The van der Waals surface area contributed by atoms with E-state index in [1.54, 1.807) is 6.92 Å². The molecule has 0 aromatic rings. The third-order valence-corrected chi connectivity index (χ3v) is 0.824. The molecule has 0 heterocycles. The Balaban J connectivity index is 3.27. The first kappa shape index (κ1) is 8.47. The fourth-order valence-corrected chi connectivity index (χ4v) is 0.513. The summed E-state index contributed by atoms with van der Waals surface area (Å²) in [6.07, 6.45) is 0.504. The molecule has 0 aliphatic heterocycles. The molecular formula is C7H13O2. The van der Waals surface area contributed by atoms with Crippen LogP contribution in [0.5, 0.6) is 0 Å². The van der Waals surface area contributed by atoms with E-state index >= 15 is 0 Å². The smallest absolute Gasteiger partial charge is 0.306 e. The van der Waals surface area contributed by atoms with Crippen LogP contribution in [0.2, 0.25) is 0 Å². The highest BCUT2D eigenvalue weighted by Gasteiger charge is 2.03. The molecule has 0 atom stereocenters. The van der Waals surface area contributed by atoms with Crippen LogP contribution in [0.25, 0.3) is 0 Å². The van der Waals surface area contributed by atoms with Gasteiger partial charge in [0.2, 0.25) is 0 Å². The van der Waals surface area contributed by atoms with E-state index in [1.165, 1.54) is 6.61 Å². The second kappa shape index (κ2) is 4.36. The van der Waals surface area contributed by atoms with Crippen molar-refractivity contribution < 1.29 is 9.53 Å². The van der Waals surface area contributed by atoms with Crippen molar-refractivity contribution in [3.8, 4) is 0 Å². The molecule has 0 rings (SSSR count). The Morgan fingerprint density at radius 2 is 2.22 bits per heavy atom. The Morgan fingerprint density at radius 3 is 2.56 bits per heavy atom. The maximum absolute atomic E-state index is 10.6. The molecule has 0 bridgehead atoms. The number of carbonyl (C=O) groups is 1. The van der Waals surface area contributed by atoms with Gasteiger partial charge < -0.3 is 4.74 Å². The maximum Gasteiger partial charge on any atom is 0.306 e. The van der Waals surface area contributed by atoms with Gasteiger partial charge in [0.25, 0.3) is 0 Å². The Kier molecular flexibility index (Phi) is 4.10. The Hall–Kier alpha value is -0.530. The van der Waals surface area contributed by atoms with Crippen LogP contribution < -0.4 is 0 Å². The number of hydrogen-bond donors (Lipinski definition) is 0. The van der Waals surface area contributed by atoms with Crippen LogP contribution in [0.15, 0.2) is 0 Å². The fraction of sp³-hybridized carbons (Fsp3) is 0.714. The molecular weight excluding hydrogens is 116 g/mol. The van der Waals surface area contributed by atoms with Crippen LogP contribution in [0.4, 0.5) is 0 Å². The molecule has 53 valence electrons. The lowest BCUT2D eigenvalue weighted by Gasteiger charge is -2.01. The topological polar surface area (TPSA) is 26.3 Å². The monoisotopic (exact) mass is 129 g/mol. The lowest BCUT2D eigenvalue weighted by Crippen LogP contribution is -2.04. The van der Waals surface area contributed by atoms with Gasteiger partial charge in [-0.25, -0.2) is 0 Å². The average molecular weight is 129 g/mol. The zero-order valence-corrected chi connectivity index (χ0v) is 6.18. The van der Waals surface area contributed by atoms with Crippen molar-refractivity contribution in [3.63, 3.8) is 0 Å². The van der Waals surface area contributed by atoms with Crippen molar-refractivity contribution in [2.45, 2.75) is 27.2 Å². The highest BCUT2D eigenvalue weighted by molar-refractivity contribution is 5.69. The molecule has 0 aromatic carbocycles. The first-order chi connectivity index (χ1) is 4.16. The Bertz CT molecular complexity index is 86.9. The van der Waals surface area contributed by atoms with E-state index in [2.05, 4.69) is 4.74 Å². The van der Waals surface area contributed by atoms with Gasteiger partial charge in [0, 0.05) is 6.42 Å². The van der Waals surface area contributed by atoms with E-state index in [4.69, 9.17) is 0 Å². The van der Waals surface area contributed by atoms with Crippen LogP contribution in [-0.4, -0.2) is 5.97 Å². The highest BCUT2D eigenvalue weighted by Crippen LogP contribution is 2.00. The van der Waals surface area contributed by atoms with Gasteiger partial charge in [-0.05, 0) is 12.8 Å². The second-order valence-electron chi connectivity index (χ2n) is 2.32. The first-order valence-corrected chi connectivity index (χ1v) is 3.14. The lowest BCUT2D eigenvalue weighted by atomic mass is 10.1. The van der Waals surface area contributed by atoms with E-state index in [0.29, 0.717) is 12.3 Å². The number of rotatable bonds is 3. The summed E-state index contributed by atoms with van der Waals surface area (Å²) in [6.45, 7) is 7.07. The summed E-state index contributed by atoms with van der Waals surface area (Å²) in [7, 11) is 0. The zero-order chi connectivity index (χ0) is 7.28. The van der Waals surface area contributed by atoms with Gasteiger partial charge in [-0.15, -0.1) is 0 Å². The number of carbonyl (C=O) groups excluding carboxylic acids is 1. The van der Waals surface area contributed by atoms with Gasteiger partial charge in [0.15, 0.2) is 0 Å². The average Bonchev–Trinajstić information content (AvgIpc) is 1.63. The maximum atomic E-state index is 10.6. The summed E-state index contributed by atoms with van der Waals surface area (Å²) in [4.78, 5) is 10.6. The molecule has 0 fully saturated rings. The summed E-state index contributed by atoms with van der Waals surface area (Å²) in [5.41, 5.74) is 0. The standard InChI is InChI=1S/C7H13O2/c1-4-9-7(8)5-6(2)3/h4,6H,5H2,1-3H3.